The van der Waals surface area contributed by atoms with E-state index in [4.69, 9.17) is 19.7 Å². The fourth-order valence-corrected chi connectivity index (χ4v) is 4.50. The average Bonchev–Trinajstić information content (AvgIpc) is 3.25. The van der Waals surface area contributed by atoms with Gasteiger partial charge < -0.3 is 19.9 Å². The zero-order valence-corrected chi connectivity index (χ0v) is 18.9. The first-order valence-electron chi connectivity index (χ1n) is 11.5. The van der Waals surface area contributed by atoms with Crippen molar-refractivity contribution >= 4 is 27.9 Å². The summed E-state index contributed by atoms with van der Waals surface area (Å²) in [4.78, 5) is 20.1. The van der Waals surface area contributed by atoms with Gasteiger partial charge in [0.25, 0.3) is 0 Å². The van der Waals surface area contributed by atoms with Gasteiger partial charge in [-0.25, -0.2) is 15.0 Å². The van der Waals surface area contributed by atoms with Crippen molar-refractivity contribution in [3.63, 3.8) is 0 Å². The Labute approximate surface area is 188 Å². The Morgan fingerprint density at radius 1 is 1.09 bits per heavy atom. The molecule has 166 valence electrons. The number of anilines is 1. The highest BCUT2D eigenvalue weighted by Crippen LogP contribution is 2.26. The highest BCUT2D eigenvalue weighted by atomic mass is 16.5. The van der Waals surface area contributed by atoms with Gasteiger partial charge in [0.05, 0.1) is 34.9 Å². The van der Waals surface area contributed by atoms with Crippen LogP contribution in [-0.2, 0) is 0 Å². The zero-order valence-electron chi connectivity index (χ0n) is 18.9. The number of fused-ring (bicyclic) bond motifs is 2. The summed E-state index contributed by atoms with van der Waals surface area (Å²) in [6.45, 7) is 8.75. The molecular formula is C25H30N6O. The summed E-state index contributed by atoms with van der Waals surface area (Å²) in [6, 6.07) is 14.8. The number of hydrogen-bond donors (Lipinski definition) is 2. The normalized spacial score (nSPS) is 16.0. The second-order valence-corrected chi connectivity index (χ2v) is 8.51. The van der Waals surface area contributed by atoms with Gasteiger partial charge in [-0.2, -0.15) is 0 Å². The van der Waals surface area contributed by atoms with Gasteiger partial charge in [-0.1, -0.05) is 12.1 Å². The summed E-state index contributed by atoms with van der Waals surface area (Å²) in [6.07, 6.45) is 2.10. The van der Waals surface area contributed by atoms with E-state index in [1.54, 1.807) is 0 Å². The molecule has 4 aromatic rings. The number of aryl methyl sites for hydroxylation is 1. The second-order valence-electron chi connectivity index (χ2n) is 8.51. The van der Waals surface area contributed by atoms with Crippen LogP contribution in [0.5, 0.6) is 5.75 Å². The third-order valence-electron chi connectivity index (χ3n) is 6.24. The molecule has 0 spiro atoms. The summed E-state index contributed by atoms with van der Waals surface area (Å²) in [5.74, 6) is 2.68. The molecule has 0 saturated carbocycles. The monoisotopic (exact) mass is 430 g/mol. The number of imidazole rings is 1. The van der Waals surface area contributed by atoms with Crippen molar-refractivity contribution in [2.45, 2.75) is 45.7 Å². The fraction of sp³-hybridized carbons (Fsp3) is 0.400. The lowest BCUT2D eigenvalue weighted by atomic mass is 10.0. The maximum absolute atomic E-state index is 5.63. The molecule has 7 heteroatoms. The summed E-state index contributed by atoms with van der Waals surface area (Å²) in [5.41, 5.74) is 4.06. The van der Waals surface area contributed by atoms with Crippen molar-refractivity contribution in [1.29, 1.82) is 0 Å². The highest BCUT2D eigenvalue weighted by molar-refractivity contribution is 5.83. The van der Waals surface area contributed by atoms with Crippen molar-refractivity contribution in [3.8, 4) is 5.75 Å². The Kier molecular flexibility index (Phi) is 5.66. The molecule has 1 aliphatic heterocycles. The number of aromatic amines is 1. The van der Waals surface area contributed by atoms with Crippen LogP contribution in [0.15, 0.2) is 42.5 Å². The zero-order chi connectivity index (χ0) is 22.1. The quantitative estimate of drug-likeness (QED) is 0.468. The molecule has 0 amide bonds. The highest BCUT2D eigenvalue weighted by Gasteiger charge is 2.24. The molecule has 0 aliphatic carbocycles. The van der Waals surface area contributed by atoms with Gasteiger partial charge in [0.2, 0.25) is 5.95 Å². The maximum Gasteiger partial charge on any atom is 0.226 e. The van der Waals surface area contributed by atoms with E-state index in [-0.39, 0.29) is 6.04 Å². The average molecular weight is 431 g/mol. The molecule has 2 aromatic carbocycles. The molecular weight excluding hydrogens is 400 g/mol. The molecule has 1 aliphatic rings. The van der Waals surface area contributed by atoms with Gasteiger partial charge in [0.15, 0.2) is 0 Å². The lowest BCUT2D eigenvalue weighted by molar-refractivity contribution is 0.340. The lowest BCUT2D eigenvalue weighted by Crippen LogP contribution is -2.44. The molecule has 0 unspecified atom stereocenters. The minimum absolute atomic E-state index is 0.178. The first-order chi connectivity index (χ1) is 15.6. The largest absolute Gasteiger partial charge is 0.494 e. The van der Waals surface area contributed by atoms with Crippen LogP contribution in [-0.4, -0.2) is 45.7 Å². The molecule has 1 atom stereocenters. The lowest BCUT2D eigenvalue weighted by Gasteiger charge is -2.33. The Hall–Kier alpha value is -3.19. The molecule has 0 radical (unpaired) electrons. The van der Waals surface area contributed by atoms with E-state index in [0.717, 1.165) is 71.1 Å². The van der Waals surface area contributed by atoms with Crippen molar-refractivity contribution in [3.05, 3.63) is 54.0 Å². The predicted octanol–water partition coefficient (Wildman–Crippen LogP) is 4.53. The smallest absolute Gasteiger partial charge is 0.226 e. The number of H-pyrrole nitrogens is 1. The standard InChI is InChI=1S/C25H30N6O/c1-4-32-19-9-10-21-20(15-19)16(2)27-25(30-21)31-13-11-18(12-14-31)26-17(3)24-28-22-7-5-6-8-23(22)29-24/h5-10,15,17-18,26H,4,11-14H2,1-3H3,(H,28,29)/t17-/m0/s1. The van der Waals surface area contributed by atoms with Crippen LogP contribution < -0.4 is 15.0 Å². The Morgan fingerprint density at radius 2 is 1.91 bits per heavy atom. The van der Waals surface area contributed by atoms with E-state index in [2.05, 4.69) is 28.2 Å². The second kappa shape index (κ2) is 8.74. The number of nitrogens with zero attached hydrogens (tertiary/aromatic N) is 4. The number of piperidine rings is 1. The third-order valence-corrected chi connectivity index (χ3v) is 6.24. The van der Waals surface area contributed by atoms with Crippen LogP contribution in [0.4, 0.5) is 5.95 Å². The molecule has 1 fully saturated rings. The van der Waals surface area contributed by atoms with Crippen LogP contribution in [0.3, 0.4) is 0 Å². The first kappa shape index (κ1) is 20.7. The molecule has 3 heterocycles. The number of benzene rings is 2. The molecule has 32 heavy (non-hydrogen) atoms. The van der Waals surface area contributed by atoms with Crippen LogP contribution >= 0.6 is 0 Å². The predicted molar refractivity (Wildman–Crippen MR) is 128 cm³/mol. The van der Waals surface area contributed by atoms with Gasteiger partial charge in [0, 0.05) is 24.5 Å². The van der Waals surface area contributed by atoms with Crippen molar-refractivity contribution in [2.24, 2.45) is 0 Å². The van der Waals surface area contributed by atoms with Crippen LogP contribution in [0.1, 0.15) is 44.2 Å². The summed E-state index contributed by atoms with van der Waals surface area (Å²) >= 11 is 0. The maximum atomic E-state index is 5.63. The van der Waals surface area contributed by atoms with Gasteiger partial charge in [-0.05, 0) is 63.9 Å². The SMILES string of the molecule is CCOc1ccc2nc(N3CCC(N[C@@H](C)c4nc5ccccc5[nH]4)CC3)nc(C)c2c1. The van der Waals surface area contributed by atoms with Crippen LogP contribution in [0, 0.1) is 6.92 Å². The number of hydrogen-bond acceptors (Lipinski definition) is 6. The topological polar surface area (TPSA) is 79.0 Å². The van der Waals surface area contributed by atoms with Gasteiger partial charge >= 0.3 is 0 Å². The van der Waals surface area contributed by atoms with E-state index in [1.807, 2.05) is 50.2 Å². The molecule has 5 rings (SSSR count). The van der Waals surface area contributed by atoms with Crippen molar-refractivity contribution < 1.29 is 4.74 Å². The number of nitrogens with one attached hydrogen (secondary N) is 2. The van der Waals surface area contributed by atoms with E-state index in [1.165, 1.54) is 0 Å². The Bertz CT molecular complexity index is 1190. The van der Waals surface area contributed by atoms with Gasteiger partial charge in [-0.3, -0.25) is 0 Å². The summed E-state index contributed by atoms with van der Waals surface area (Å²) in [5, 5.41) is 4.80. The van der Waals surface area contributed by atoms with Crippen molar-refractivity contribution in [2.75, 3.05) is 24.6 Å². The van der Waals surface area contributed by atoms with Crippen molar-refractivity contribution in [1.82, 2.24) is 25.3 Å². The van der Waals surface area contributed by atoms with Gasteiger partial charge in [0.1, 0.15) is 11.6 Å². The third kappa shape index (κ3) is 4.12. The van der Waals surface area contributed by atoms with E-state index in [9.17, 15) is 0 Å². The number of para-hydroxylation sites is 2. The summed E-state index contributed by atoms with van der Waals surface area (Å²) in [7, 11) is 0. The first-order valence-corrected chi connectivity index (χ1v) is 11.5. The number of rotatable bonds is 6. The number of aromatic nitrogens is 4. The Balaban J connectivity index is 1.24. The van der Waals surface area contributed by atoms with Crippen LogP contribution in [0.2, 0.25) is 0 Å². The van der Waals surface area contributed by atoms with Gasteiger partial charge in [-0.15, -0.1) is 0 Å². The summed E-state index contributed by atoms with van der Waals surface area (Å²) < 4.78 is 5.63. The molecule has 1 saturated heterocycles. The van der Waals surface area contributed by atoms with E-state index in [0.29, 0.717) is 12.6 Å². The minimum Gasteiger partial charge on any atom is -0.494 e. The van der Waals surface area contributed by atoms with E-state index >= 15 is 0 Å². The van der Waals surface area contributed by atoms with E-state index < -0.39 is 0 Å². The molecule has 2 aromatic heterocycles. The fourth-order valence-electron chi connectivity index (χ4n) is 4.50. The number of ether oxygens (including phenoxy) is 1. The molecule has 7 nitrogen and oxygen atoms in total. The van der Waals surface area contributed by atoms with Crippen LogP contribution in [0.25, 0.3) is 21.9 Å². The molecule has 2 N–H and O–H groups in total. The molecule has 0 bridgehead atoms. The minimum atomic E-state index is 0.178. The Morgan fingerprint density at radius 3 is 2.69 bits per heavy atom.